The van der Waals surface area contributed by atoms with Crippen LogP contribution in [0.15, 0.2) is 54.6 Å². The molecule has 0 amide bonds. The maximum absolute atomic E-state index is 3.63. The van der Waals surface area contributed by atoms with Crippen LogP contribution in [0.25, 0.3) is 0 Å². The van der Waals surface area contributed by atoms with Crippen LogP contribution in [0, 0.1) is 0 Å². The number of anilines is 1. The number of likely N-dealkylation sites (tertiary alicyclic amines) is 1. The second-order valence-electron chi connectivity index (χ2n) is 6.10. The molecule has 2 atom stereocenters. The third-order valence-electron chi connectivity index (χ3n) is 5.05. The highest BCUT2D eigenvalue weighted by atomic mass is 15.2. The quantitative estimate of drug-likeness (QED) is 0.747. The molecule has 0 aromatic heterocycles. The summed E-state index contributed by atoms with van der Waals surface area (Å²) in [7, 11) is 2.26. The molecular formula is C22H32N2. The lowest BCUT2D eigenvalue weighted by molar-refractivity contribution is 0.259. The van der Waals surface area contributed by atoms with Gasteiger partial charge in [0.15, 0.2) is 0 Å². The van der Waals surface area contributed by atoms with Crippen LogP contribution in [0.1, 0.15) is 51.3 Å². The van der Waals surface area contributed by atoms with Gasteiger partial charge in [0.2, 0.25) is 0 Å². The zero-order chi connectivity index (χ0) is 17.6. The van der Waals surface area contributed by atoms with Gasteiger partial charge in [-0.05, 0) is 37.2 Å². The Morgan fingerprint density at radius 2 is 1.54 bits per heavy atom. The third-order valence-corrected chi connectivity index (χ3v) is 5.05. The Kier molecular flexibility index (Phi) is 6.44. The molecule has 2 aliphatic heterocycles. The number of hydrogen-bond donors (Lipinski definition) is 1. The summed E-state index contributed by atoms with van der Waals surface area (Å²) < 4.78 is 0. The predicted octanol–water partition coefficient (Wildman–Crippen LogP) is 5.48. The maximum atomic E-state index is 3.63. The minimum Gasteiger partial charge on any atom is -0.384 e. The topological polar surface area (TPSA) is 15.3 Å². The highest BCUT2D eigenvalue weighted by Crippen LogP contribution is 2.53. The van der Waals surface area contributed by atoms with E-state index >= 15 is 0 Å². The largest absolute Gasteiger partial charge is 0.384 e. The smallest absolute Gasteiger partial charge is 0.0459 e. The molecule has 1 saturated heterocycles. The molecule has 0 radical (unpaired) electrons. The molecule has 130 valence electrons. The van der Waals surface area contributed by atoms with Crippen molar-refractivity contribution in [1.82, 2.24) is 4.90 Å². The Labute approximate surface area is 147 Å². The monoisotopic (exact) mass is 324 g/mol. The van der Waals surface area contributed by atoms with Crippen LogP contribution < -0.4 is 5.32 Å². The van der Waals surface area contributed by atoms with Gasteiger partial charge in [0, 0.05) is 23.7 Å². The van der Waals surface area contributed by atoms with Crippen LogP contribution in [0.2, 0.25) is 0 Å². The van der Waals surface area contributed by atoms with E-state index in [2.05, 4.69) is 71.9 Å². The summed E-state index contributed by atoms with van der Waals surface area (Å²) in [4.78, 5) is 2.51. The molecule has 1 unspecified atom stereocenters. The highest BCUT2D eigenvalue weighted by molar-refractivity contribution is 5.62. The molecule has 24 heavy (non-hydrogen) atoms. The number of rotatable bonds is 1. The van der Waals surface area contributed by atoms with E-state index < -0.39 is 0 Å². The average molecular weight is 325 g/mol. The Morgan fingerprint density at radius 3 is 2.25 bits per heavy atom. The van der Waals surface area contributed by atoms with E-state index in [1.807, 2.05) is 27.7 Å². The molecule has 1 spiro atoms. The number of hydrogen-bond acceptors (Lipinski definition) is 2. The molecular weight excluding hydrogens is 292 g/mol. The van der Waals surface area contributed by atoms with Crippen molar-refractivity contribution in [3.8, 4) is 0 Å². The molecule has 2 aromatic carbocycles. The van der Waals surface area contributed by atoms with Crippen LogP contribution >= 0.6 is 0 Å². The van der Waals surface area contributed by atoms with Crippen molar-refractivity contribution in [2.75, 3.05) is 25.5 Å². The lowest BCUT2D eigenvalue weighted by atomic mass is 9.73. The highest BCUT2D eigenvalue weighted by Gasteiger charge is 2.51. The van der Waals surface area contributed by atoms with Crippen LogP contribution in [0.3, 0.4) is 0 Å². The number of fused-ring (bicyclic) bond motifs is 2. The molecule has 1 fully saturated rings. The summed E-state index contributed by atoms with van der Waals surface area (Å²) in [6.07, 6.45) is 1.23. The van der Waals surface area contributed by atoms with Crippen molar-refractivity contribution in [3.63, 3.8) is 0 Å². The molecule has 0 aliphatic carbocycles. The van der Waals surface area contributed by atoms with E-state index in [0.717, 1.165) is 13.1 Å². The predicted molar refractivity (Wildman–Crippen MR) is 106 cm³/mol. The standard InChI is InChI=1S/C18H20N2.2C2H6/c1-20-12-11-18(17(20)14-7-3-2-4-8-14)13-19-16-10-6-5-9-15(16)18;2*1-2/h2-10,17,19H,11-13H2,1H3;2*1-2H3/t17?,18-;;/m1../s1. The van der Waals surface area contributed by atoms with Crippen molar-refractivity contribution >= 4 is 5.69 Å². The van der Waals surface area contributed by atoms with Crippen LogP contribution in [0.4, 0.5) is 5.69 Å². The van der Waals surface area contributed by atoms with Crippen molar-refractivity contribution in [2.45, 2.75) is 45.6 Å². The molecule has 2 heteroatoms. The van der Waals surface area contributed by atoms with Gasteiger partial charge in [-0.3, -0.25) is 4.90 Å². The van der Waals surface area contributed by atoms with Gasteiger partial charge < -0.3 is 5.32 Å². The van der Waals surface area contributed by atoms with E-state index in [-0.39, 0.29) is 5.41 Å². The normalized spacial score (nSPS) is 24.3. The second kappa shape index (κ2) is 8.34. The fraction of sp³-hybridized carbons (Fsp3) is 0.455. The van der Waals surface area contributed by atoms with Gasteiger partial charge in [-0.15, -0.1) is 0 Å². The van der Waals surface area contributed by atoms with Crippen molar-refractivity contribution < 1.29 is 0 Å². The molecule has 0 saturated carbocycles. The molecule has 2 aliphatic rings. The summed E-state index contributed by atoms with van der Waals surface area (Å²) in [6, 6.07) is 20.3. The summed E-state index contributed by atoms with van der Waals surface area (Å²) in [5.74, 6) is 0. The second-order valence-corrected chi connectivity index (χ2v) is 6.10. The average Bonchev–Trinajstić information content (AvgIpc) is 3.21. The van der Waals surface area contributed by atoms with Crippen molar-refractivity contribution in [1.29, 1.82) is 0 Å². The lowest BCUT2D eigenvalue weighted by Crippen LogP contribution is -2.35. The molecule has 2 aromatic rings. The van der Waals surface area contributed by atoms with Crippen LogP contribution in [-0.4, -0.2) is 25.0 Å². The van der Waals surface area contributed by atoms with Gasteiger partial charge in [0.25, 0.3) is 0 Å². The molecule has 2 heterocycles. The van der Waals surface area contributed by atoms with E-state index in [1.165, 1.54) is 23.2 Å². The first kappa shape index (κ1) is 18.5. The van der Waals surface area contributed by atoms with Crippen molar-refractivity contribution in [2.24, 2.45) is 0 Å². The Morgan fingerprint density at radius 1 is 0.917 bits per heavy atom. The van der Waals surface area contributed by atoms with Crippen molar-refractivity contribution in [3.05, 3.63) is 65.7 Å². The molecule has 4 rings (SSSR count). The number of likely N-dealkylation sites (N-methyl/N-ethyl adjacent to an activating group) is 1. The number of benzene rings is 2. The van der Waals surface area contributed by atoms with Gasteiger partial charge in [0.05, 0.1) is 0 Å². The van der Waals surface area contributed by atoms with E-state index in [1.54, 1.807) is 0 Å². The van der Waals surface area contributed by atoms with Crippen LogP contribution in [-0.2, 0) is 5.41 Å². The first-order valence-corrected chi connectivity index (χ1v) is 9.40. The first-order chi connectivity index (χ1) is 11.8. The number of nitrogens with zero attached hydrogens (tertiary/aromatic N) is 1. The molecule has 2 nitrogen and oxygen atoms in total. The Bertz CT molecular complexity index is 619. The zero-order valence-electron chi connectivity index (χ0n) is 15.8. The molecule has 0 bridgehead atoms. The number of para-hydroxylation sites is 1. The first-order valence-electron chi connectivity index (χ1n) is 9.40. The maximum Gasteiger partial charge on any atom is 0.0459 e. The van der Waals surface area contributed by atoms with Crippen LogP contribution in [0.5, 0.6) is 0 Å². The minimum absolute atomic E-state index is 0.229. The Balaban J connectivity index is 0.000000487. The van der Waals surface area contributed by atoms with Gasteiger partial charge in [-0.2, -0.15) is 0 Å². The van der Waals surface area contributed by atoms with E-state index in [4.69, 9.17) is 0 Å². The molecule has 1 N–H and O–H groups in total. The van der Waals surface area contributed by atoms with E-state index in [0.29, 0.717) is 6.04 Å². The fourth-order valence-corrected chi connectivity index (χ4v) is 4.16. The number of nitrogens with one attached hydrogen (secondary N) is 1. The van der Waals surface area contributed by atoms with E-state index in [9.17, 15) is 0 Å². The zero-order valence-corrected chi connectivity index (χ0v) is 15.8. The summed E-state index contributed by atoms with van der Waals surface area (Å²) in [5.41, 5.74) is 4.49. The van der Waals surface area contributed by atoms with Gasteiger partial charge in [-0.25, -0.2) is 0 Å². The fourth-order valence-electron chi connectivity index (χ4n) is 4.16. The van der Waals surface area contributed by atoms with Gasteiger partial charge in [0.1, 0.15) is 0 Å². The third kappa shape index (κ3) is 3.08. The lowest BCUT2D eigenvalue weighted by Gasteiger charge is -2.34. The summed E-state index contributed by atoms with van der Waals surface area (Å²) in [6.45, 7) is 10.2. The summed E-state index contributed by atoms with van der Waals surface area (Å²) in [5, 5.41) is 3.63. The van der Waals surface area contributed by atoms with Gasteiger partial charge in [-0.1, -0.05) is 76.2 Å². The SMILES string of the molecule is CC.CC.CN1CC[C@]2(CNc3ccccc32)C1c1ccccc1. The Hall–Kier alpha value is -1.80. The minimum atomic E-state index is 0.229. The van der Waals surface area contributed by atoms with Gasteiger partial charge >= 0.3 is 0 Å². The summed E-state index contributed by atoms with van der Waals surface area (Å²) >= 11 is 0.